The Bertz CT molecular complexity index is 1470. The molecule has 0 radical (unpaired) electrons. The van der Waals surface area contributed by atoms with E-state index in [1.807, 2.05) is 0 Å². The van der Waals surface area contributed by atoms with Gasteiger partial charge in [0.1, 0.15) is 11.5 Å². The number of carbonyl (C=O) groups excluding carboxylic acids is 3. The molecule has 0 saturated carbocycles. The van der Waals surface area contributed by atoms with Crippen molar-refractivity contribution in [1.82, 2.24) is 14.9 Å². The van der Waals surface area contributed by atoms with E-state index in [2.05, 4.69) is 15.6 Å². The molecule has 37 heavy (non-hydrogen) atoms. The van der Waals surface area contributed by atoms with E-state index in [1.54, 1.807) is 19.9 Å². The summed E-state index contributed by atoms with van der Waals surface area (Å²) in [5, 5.41) is 4.81. The lowest BCUT2D eigenvalue weighted by atomic mass is 9.94. The van der Waals surface area contributed by atoms with Crippen molar-refractivity contribution in [2.75, 3.05) is 5.32 Å². The monoisotopic (exact) mass is 520 g/mol. The largest absolute Gasteiger partial charge is 0.419 e. The Kier molecular flexibility index (Phi) is 7.16. The molecule has 1 aromatic carbocycles. The summed E-state index contributed by atoms with van der Waals surface area (Å²) in [4.78, 5) is 53.6. The lowest BCUT2D eigenvalue weighted by Crippen LogP contribution is -2.47. The van der Waals surface area contributed by atoms with E-state index in [4.69, 9.17) is 0 Å². The van der Waals surface area contributed by atoms with Crippen LogP contribution in [0, 0.1) is 19.7 Å². The molecule has 0 bridgehead atoms. The number of rotatable bonds is 6. The molecule has 0 aliphatic rings. The molecule has 0 aliphatic heterocycles. The Morgan fingerprint density at radius 3 is 2.27 bits per heavy atom. The molecule has 0 atom stereocenters. The normalized spacial score (nSPS) is 11.8. The van der Waals surface area contributed by atoms with Crippen molar-refractivity contribution in [2.24, 2.45) is 7.05 Å². The molecule has 3 N–H and O–H groups in total. The minimum Gasteiger partial charge on any atom is -0.343 e. The predicted octanol–water partition coefficient (Wildman–Crippen LogP) is 3.97. The predicted molar refractivity (Wildman–Crippen MR) is 127 cm³/mol. The number of pyridine rings is 1. The van der Waals surface area contributed by atoms with Gasteiger partial charge in [0.15, 0.2) is 0 Å². The van der Waals surface area contributed by atoms with Crippen molar-refractivity contribution in [3.05, 3.63) is 86.3 Å². The van der Waals surface area contributed by atoms with E-state index < -0.39 is 46.3 Å². The zero-order valence-electron chi connectivity index (χ0n) is 20.6. The van der Waals surface area contributed by atoms with Gasteiger partial charge in [0.25, 0.3) is 23.2 Å². The van der Waals surface area contributed by atoms with Gasteiger partial charge in [-0.2, -0.15) is 13.2 Å². The number of benzene rings is 1. The Labute approximate surface area is 208 Å². The highest BCUT2D eigenvalue weighted by atomic mass is 19.4. The molecule has 2 amide bonds. The number of hydrogen-bond acceptors (Lipinski definition) is 4. The number of H-pyrrole nitrogens is 1. The van der Waals surface area contributed by atoms with Gasteiger partial charge in [-0.3, -0.25) is 19.2 Å². The standard InChI is InChI=1S/C25H24F4N4O4/c1-12-18(20(34)23(37)32-24(3,4)15-7-6-10-30-21(15)35)13(2)33(5)19(12)22(36)31-14-8-9-17(26)16(11-14)25(27,28)29/h6-11H,1-5H3,(H,30,35)(H,31,36)(H,32,37). The number of carbonyl (C=O) groups is 3. The van der Waals surface area contributed by atoms with Gasteiger partial charge < -0.3 is 20.2 Å². The number of nitrogens with one attached hydrogen (secondary N) is 3. The van der Waals surface area contributed by atoms with E-state index in [0.717, 1.165) is 6.07 Å². The molecule has 3 aromatic rings. The highest BCUT2D eigenvalue weighted by Gasteiger charge is 2.35. The average molecular weight is 520 g/mol. The lowest BCUT2D eigenvalue weighted by Gasteiger charge is -2.25. The first-order chi connectivity index (χ1) is 17.1. The van der Waals surface area contributed by atoms with Gasteiger partial charge in [-0.15, -0.1) is 0 Å². The topological polar surface area (TPSA) is 113 Å². The fourth-order valence-electron chi connectivity index (χ4n) is 4.08. The van der Waals surface area contributed by atoms with Crippen molar-refractivity contribution in [3.8, 4) is 0 Å². The molecule has 3 rings (SSSR count). The van der Waals surface area contributed by atoms with Crippen LogP contribution in [0.2, 0.25) is 0 Å². The average Bonchev–Trinajstić information content (AvgIpc) is 3.01. The number of nitrogens with zero attached hydrogens (tertiary/aromatic N) is 1. The number of halogens is 4. The third-order valence-corrected chi connectivity index (χ3v) is 6.03. The van der Waals surface area contributed by atoms with Gasteiger partial charge in [-0.25, -0.2) is 4.39 Å². The second-order valence-electron chi connectivity index (χ2n) is 8.96. The van der Waals surface area contributed by atoms with Crippen LogP contribution in [0.5, 0.6) is 0 Å². The number of ketones is 1. The smallest absolute Gasteiger partial charge is 0.343 e. The molecule has 0 unspecified atom stereocenters. The number of aromatic nitrogens is 2. The van der Waals surface area contributed by atoms with Crippen LogP contribution in [0.15, 0.2) is 41.3 Å². The maximum atomic E-state index is 13.6. The Balaban J connectivity index is 1.91. The highest BCUT2D eigenvalue weighted by molar-refractivity contribution is 6.43. The van der Waals surface area contributed by atoms with Crippen LogP contribution in [-0.4, -0.2) is 27.1 Å². The summed E-state index contributed by atoms with van der Waals surface area (Å²) >= 11 is 0. The van der Waals surface area contributed by atoms with Crippen molar-refractivity contribution in [3.63, 3.8) is 0 Å². The number of alkyl halides is 3. The first-order valence-electron chi connectivity index (χ1n) is 10.9. The van der Waals surface area contributed by atoms with E-state index in [-0.39, 0.29) is 33.8 Å². The summed E-state index contributed by atoms with van der Waals surface area (Å²) < 4.78 is 54.0. The number of anilines is 1. The summed E-state index contributed by atoms with van der Waals surface area (Å²) in [6, 6.07) is 5.10. The molecule has 2 heterocycles. The van der Waals surface area contributed by atoms with Crippen LogP contribution in [0.1, 0.15) is 57.1 Å². The highest BCUT2D eigenvalue weighted by Crippen LogP contribution is 2.33. The van der Waals surface area contributed by atoms with Crippen LogP contribution < -0.4 is 16.2 Å². The van der Waals surface area contributed by atoms with Crippen molar-refractivity contribution >= 4 is 23.3 Å². The molecule has 0 aliphatic carbocycles. The molecular weight excluding hydrogens is 496 g/mol. The molecular formula is C25H24F4N4O4. The van der Waals surface area contributed by atoms with Gasteiger partial charge in [0, 0.05) is 30.2 Å². The first kappa shape index (κ1) is 27.4. The third kappa shape index (κ3) is 5.32. The van der Waals surface area contributed by atoms with Crippen LogP contribution >= 0.6 is 0 Å². The van der Waals surface area contributed by atoms with Gasteiger partial charge >= 0.3 is 6.18 Å². The second kappa shape index (κ2) is 9.68. The molecule has 0 saturated heterocycles. The molecule has 2 aromatic heterocycles. The van der Waals surface area contributed by atoms with Gasteiger partial charge in [0.05, 0.1) is 16.7 Å². The quantitative estimate of drug-likeness (QED) is 0.259. The minimum atomic E-state index is -4.96. The molecule has 8 nitrogen and oxygen atoms in total. The van der Waals surface area contributed by atoms with E-state index >= 15 is 0 Å². The molecule has 196 valence electrons. The number of amides is 2. The SMILES string of the molecule is Cc1c(C(=O)C(=O)NC(C)(C)c2ccc[nH]c2=O)c(C)n(C)c1C(=O)Nc1ccc(F)c(C(F)(F)F)c1. The summed E-state index contributed by atoms with van der Waals surface area (Å²) in [5.41, 5.74) is -3.06. The zero-order chi connectivity index (χ0) is 27.9. The van der Waals surface area contributed by atoms with Crippen LogP contribution in [-0.2, 0) is 23.6 Å². The lowest BCUT2D eigenvalue weighted by molar-refractivity contribution is -0.140. The van der Waals surface area contributed by atoms with Crippen LogP contribution in [0.3, 0.4) is 0 Å². The number of aromatic amines is 1. The fraction of sp³-hybridized carbons (Fsp3) is 0.280. The summed E-state index contributed by atoms with van der Waals surface area (Å²) in [6.45, 7) is 6.01. The maximum absolute atomic E-state index is 13.6. The molecule has 12 heteroatoms. The van der Waals surface area contributed by atoms with Crippen molar-refractivity contribution in [1.29, 1.82) is 0 Å². The van der Waals surface area contributed by atoms with Crippen LogP contribution in [0.4, 0.5) is 23.2 Å². The van der Waals surface area contributed by atoms with Crippen molar-refractivity contribution in [2.45, 2.75) is 39.4 Å². The first-order valence-corrected chi connectivity index (χ1v) is 10.9. The van der Waals surface area contributed by atoms with Gasteiger partial charge in [-0.05, 0) is 63.6 Å². The maximum Gasteiger partial charge on any atom is 0.419 e. The second-order valence-corrected chi connectivity index (χ2v) is 8.96. The van der Waals surface area contributed by atoms with E-state index in [1.165, 1.54) is 37.7 Å². The number of Topliss-reactive ketones (excluding diaryl/α,β-unsaturated/α-hetero) is 1. The van der Waals surface area contributed by atoms with Crippen LogP contribution in [0.25, 0.3) is 0 Å². The summed E-state index contributed by atoms with van der Waals surface area (Å²) in [7, 11) is 1.45. The Morgan fingerprint density at radius 2 is 1.68 bits per heavy atom. The van der Waals surface area contributed by atoms with Gasteiger partial charge in [-0.1, -0.05) is 0 Å². The number of hydrogen-bond donors (Lipinski definition) is 3. The molecule has 0 fully saturated rings. The fourth-order valence-corrected chi connectivity index (χ4v) is 4.08. The van der Waals surface area contributed by atoms with Crippen molar-refractivity contribution < 1.29 is 31.9 Å². The molecule has 0 spiro atoms. The zero-order valence-corrected chi connectivity index (χ0v) is 20.6. The van der Waals surface area contributed by atoms with E-state index in [9.17, 15) is 36.7 Å². The third-order valence-electron chi connectivity index (χ3n) is 6.03. The Hall–Kier alpha value is -4.22. The summed E-state index contributed by atoms with van der Waals surface area (Å²) in [6.07, 6.45) is -3.54. The minimum absolute atomic E-state index is 0.0713. The van der Waals surface area contributed by atoms with Gasteiger partial charge in [0.2, 0.25) is 0 Å². The Morgan fingerprint density at radius 1 is 1.03 bits per heavy atom. The summed E-state index contributed by atoms with van der Waals surface area (Å²) in [5.74, 6) is -4.34. The van der Waals surface area contributed by atoms with E-state index in [0.29, 0.717) is 12.1 Å².